The van der Waals surface area contributed by atoms with Crippen molar-refractivity contribution in [3.05, 3.63) is 60.0 Å². The van der Waals surface area contributed by atoms with Crippen LogP contribution in [0.3, 0.4) is 0 Å². The van der Waals surface area contributed by atoms with Crippen molar-refractivity contribution in [2.45, 2.75) is 31.2 Å². The zero-order valence-electron chi connectivity index (χ0n) is 18.5. The molecule has 1 fully saturated rings. The number of carbonyl (C=O) groups excluding carboxylic acids is 2. The van der Waals surface area contributed by atoms with Gasteiger partial charge in [0.1, 0.15) is 6.29 Å². The molecule has 0 atom stereocenters. The van der Waals surface area contributed by atoms with Gasteiger partial charge >= 0.3 is 0 Å². The Morgan fingerprint density at radius 2 is 1.94 bits per heavy atom. The molecule has 1 aromatic heterocycles. The van der Waals surface area contributed by atoms with Gasteiger partial charge < -0.3 is 14.5 Å². The second kappa shape index (κ2) is 9.96. The molecular weight excluding hydrogens is 404 g/mol. The number of nitrogens with zero attached hydrogens (tertiary/aromatic N) is 3. The zero-order valence-corrected chi connectivity index (χ0v) is 18.5. The molecule has 0 radical (unpaired) electrons. The van der Waals surface area contributed by atoms with E-state index in [4.69, 9.17) is 4.74 Å². The number of rotatable bonds is 9. The van der Waals surface area contributed by atoms with Crippen LogP contribution in [0.1, 0.15) is 25.7 Å². The van der Waals surface area contributed by atoms with E-state index in [2.05, 4.69) is 52.5 Å². The van der Waals surface area contributed by atoms with Crippen LogP contribution >= 0.6 is 0 Å². The maximum absolute atomic E-state index is 12.3. The maximum Gasteiger partial charge on any atom is 0.210 e. The largest absolute Gasteiger partial charge is 0.381 e. The van der Waals surface area contributed by atoms with Crippen LogP contribution in [0.2, 0.25) is 0 Å². The Labute approximate surface area is 188 Å². The lowest BCUT2D eigenvalue weighted by Crippen LogP contribution is -2.58. The molecule has 1 saturated heterocycles. The average Bonchev–Trinajstić information content (AvgIpc) is 3.38. The number of allylic oxidation sites excluding steroid dienone is 2. The lowest BCUT2D eigenvalue weighted by Gasteiger charge is -2.47. The predicted molar refractivity (Wildman–Crippen MR) is 124 cm³/mol. The summed E-state index contributed by atoms with van der Waals surface area (Å²) >= 11 is 0. The number of aromatic amines is 1. The van der Waals surface area contributed by atoms with Crippen LogP contribution in [0.15, 0.2) is 60.0 Å². The number of anilines is 1. The Bertz CT molecular complexity index is 973. The van der Waals surface area contributed by atoms with E-state index in [0.717, 1.165) is 66.3 Å². The van der Waals surface area contributed by atoms with E-state index in [1.165, 1.54) is 0 Å². The summed E-state index contributed by atoms with van der Waals surface area (Å²) < 4.78 is 5.65. The number of amides is 1. The van der Waals surface area contributed by atoms with E-state index in [-0.39, 0.29) is 5.54 Å². The fourth-order valence-corrected chi connectivity index (χ4v) is 4.65. The highest BCUT2D eigenvalue weighted by atomic mass is 16.5. The van der Waals surface area contributed by atoms with Gasteiger partial charge in [0, 0.05) is 50.8 Å². The first-order chi connectivity index (χ1) is 15.6. The summed E-state index contributed by atoms with van der Waals surface area (Å²) in [7, 11) is 2.07. The third-order valence-corrected chi connectivity index (χ3v) is 6.55. The van der Waals surface area contributed by atoms with Crippen LogP contribution in [0.4, 0.5) is 5.69 Å². The number of nitrogens with one attached hydrogen (secondary N) is 1. The standard InChI is InChI=1S/C25H30N4O3/c1-28(24-7-5-22(6-8-24)23-14-26-27-15-23)18-25(9-11-32-12-10-25)29(19-31)16-20-3-2-4-21(13-20)17-30/h3,5-8,13-15,17,19H,2,4,9-12,16,18H2,1H3,(H,26,27). The summed E-state index contributed by atoms with van der Waals surface area (Å²) in [6.45, 7) is 2.48. The minimum Gasteiger partial charge on any atom is -0.381 e. The van der Waals surface area contributed by atoms with Gasteiger partial charge in [-0.15, -0.1) is 0 Å². The van der Waals surface area contributed by atoms with E-state index < -0.39 is 0 Å². The minimum absolute atomic E-state index is 0.328. The predicted octanol–water partition coefficient (Wildman–Crippen LogP) is 3.37. The van der Waals surface area contributed by atoms with Crippen molar-refractivity contribution < 1.29 is 14.3 Å². The molecule has 7 nitrogen and oxygen atoms in total. The first kappa shape index (κ1) is 22.0. The Kier molecular flexibility index (Phi) is 6.85. The topological polar surface area (TPSA) is 78.5 Å². The molecule has 0 bridgehead atoms. The molecule has 168 valence electrons. The smallest absolute Gasteiger partial charge is 0.210 e. The number of aldehydes is 1. The van der Waals surface area contributed by atoms with Gasteiger partial charge in [-0.1, -0.05) is 24.3 Å². The highest BCUT2D eigenvalue weighted by molar-refractivity contribution is 5.75. The number of hydrogen-bond donors (Lipinski definition) is 1. The van der Waals surface area contributed by atoms with Gasteiger partial charge in [-0.25, -0.2) is 0 Å². The lowest BCUT2D eigenvalue weighted by atomic mass is 9.86. The van der Waals surface area contributed by atoms with Crippen molar-refractivity contribution in [2.24, 2.45) is 0 Å². The normalized spacial score (nSPS) is 17.8. The average molecular weight is 435 g/mol. The zero-order chi connectivity index (χ0) is 22.4. The van der Waals surface area contributed by atoms with Gasteiger partial charge in [0.25, 0.3) is 0 Å². The molecule has 2 aromatic rings. The van der Waals surface area contributed by atoms with E-state index in [9.17, 15) is 9.59 Å². The summed E-state index contributed by atoms with van der Waals surface area (Å²) in [5, 5.41) is 6.86. The monoisotopic (exact) mass is 434 g/mol. The SMILES string of the molecule is CN(CC1(N(C=O)CC2=CCCC(C=O)=C2)CCOCC1)c1ccc(-c2cn[nH]c2)cc1. The van der Waals surface area contributed by atoms with Crippen molar-refractivity contribution in [1.29, 1.82) is 0 Å². The second-order valence-corrected chi connectivity index (χ2v) is 8.61. The summed E-state index contributed by atoms with van der Waals surface area (Å²) in [6, 6.07) is 8.37. The number of ether oxygens (including phenoxy) is 1. The number of benzene rings is 1. The summed E-state index contributed by atoms with van der Waals surface area (Å²) in [4.78, 5) is 27.6. The molecule has 1 aliphatic carbocycles. The Morgan fingerprint density at radius 3 is 2.59 bits per heavy atom. The van der Waals surface area contributed by atoms with Crippen molar-refractivity contribution in [2.75, 3.05) is 38.3 Å². The third-order valence-electron chi connectivity index (χ3n) is 6.55. The Hall–Kier alpha value is -3.19. The summed E-state index contributed by atoms with van der Waals surface area (Å²) in [5.74, 6) is 0. The maximum atomic E-state index is 12.3. The van der Waals surface area contributed by atoms with E-state index >= 15 is 0 Å². The van der Waals surface area contributed by atoms with Crippen LogP contribution in [0.25, 0.3) is 11.1 Å². The Morgan fingerprint density at radius 1 is 1.16 bits per heavy atom. The molecule has 1 aliphatic heterocycles. The third kappa shape index (κ3) is 4.83. The fourth-order valence-electron chi connectivity index (χ4n) is 4.65. The molecule has 1 aromatic carbocycles. The quantitative estimate of drug-likeness (QED) is 0.613. The second-order valence-electron chi connectivity index (χ2n) is 8.61. The molecular formula is C25H30N4O3. The molecule has 1 amide bonds. The van der Waals surface area contributed by atoms with Crippen molar-refractivity contribution in [1.82, 2.24) is 15.1 Å². The summed E-state index contributed by atoms with van der Waals surface area (Å²) in [5.41, 5.74) is 4.75. The molecule has 4 rings (SSSR count). The molecule has 0 spiro atoms. The summed E-state index contributed by atoms with van der Waals surface area (Å²) in [6.07, 6.45) is 12.8. The first-order valence-corrected chi connectivity index (χ1v) is 11.1. The molecule has 0 saturated carbocycles. The van der Waals surface area contributed by atoms with E-state index in [0.29, 0.717) is 26.3 Å². The molecule has 1 N–H and O–H groups in total. The van der Waals surface area contributed by atoms with Crippen molar-refractivity contribution in [3.63, 3.8) is 0 Å². The number of carbonyl (C=O) groups is 2. The highest BCUT2D eigenvalue weighted by Gasteiger charge is 2.39. The van der Waals surface area contributed by atoms with Crippen LogP contribution in [-0.2, 0) is 14.3 Å². The van der Waals surface area contributed by atoms with Gasteiger partial charge in [0.15, 0.2) is 0 Å². The van der Waals surface area contributed by atoms with Gasteiger partial charge in [-0.2, -0.15) is 5.10 Å². The lowest BCUT2D eigenvalue weighted by molar-refractivity contribution is -0.127. The van der Waals surface area contributed by atoms with E-state index in [1.807, 2.05) is 23.4 Å². The number of H-pyrrole nitrogens is 1. The van der Waals surface area contributed by atoms with Gasteiger partial charge in [0.05, 0.1) is 11.7 Å². The van der Waals surface area contributed by atoms with Crippen LogP contribution in [0.5, 0.6) is 0 Å². The van der Waals surface area contributed by atoms with Gasteiger partial charge in [-0.05, 0) is 54.5 Å². The minimum atomic E-state index is -0.328. The van der Waals surface area contributed by atoms with E-state index in [1.54, 1.807) is 0 Å². The highest BCUT2D eigenvalue weighted by Crippen LogP contribution is 2.32. The van der Waals surface area contributed by atoms with Crippen LogP contribution < -0.4 is 4.90 Å². The molecule has 32 heavy (non-hydrogen) atoms. The van der Waals surface area contributed by atoms with Crippen LogP contribution in [-0.4, -0.2) is 66.7 Å². The fraction of sp³-hybridized carbons (Fsp3) is 0.400. The van der Waals surface area contributed by atoms with Gasteiger partial charge in [-0.3, -0.25) is 14.7 Å². The number of aromatic nitrogens is 2. The van der Waals surface area contributed by atoms with Gasteiger partial charge in [0.2, 0.25) is 6.41 Å². The van der Waals surface area contributed by atoms with Crippen molar-refractivity contribution in [3.8, 4) is 11.1 Å². The van der Waals surface area contributed by atoms with Crippen molar-refractivity contribution >= 4 is 18.4 Å². The Balaban J connectivity index is 1.52. The number of hydrogen-bond acceptors (Lipinski definition) is 5. The molecule has 2 heterocycles. The molecule has 0 unspecified atom stereocenters. The molecule has 2 aliphatic rings. The first-order valence-electron chi connectivity index (χ1n) is 11.1. The number of likely N-dealkylation sites (N-methyl/N-ethyl adjacent to an activating group) is 1. The molecule has 7 heteroatoms. The van der Waals surface area contributed by atoms with Crippen LogP contribution in [0, 0.1) is 0 Å².